The van der Waals surface area contributed by atoms with E-state index in [4.69, 9.17) is 4.98 Å². The van der Waals surface area contributed by atoms with E-state index < -0.39 is 0 Å². The van der Waals surface area contributed by atoms with Crippen LogP contribution in [0.4, 0.5) is 4.39 Å². The molecule has 2 N–H and O–H groups in total. The number of aryl methyl sites for hydroxylation is 1. The van der Waals surface area contributed by atoms with Gasteiger partial charge in [-0.3, -0.25) is 14.9 Å². The number of rotatable bonds is 5. The van der Waals surface area contributed by atoms with Gasteiger partial charge in [0.15, 0.2) is 5.82 Å². The number of halogens is 1. The number of carbonyl (C=O) groups is 1. The Hall–Kier alpha value is -3.39. The van der Waals surface area contributed by atoms with Crippen LogP contribution in [0.3, 0.4) is 0 Å². The lowest BCUT2D eigenvalue weighted by molar-refractivity contribution is 0.0950. The third kappa shape index (κ3) is 3.60. The monoisotopic (exact) mass is 432 g/mol. The highest BCUT2D eigenvalue weighted by Gasteiger charge is 2.23. The zero-order chi connectivity index (χ0) is 22.2. The molecule has 1 aliphatic rings. The van der Waals surface area contributed by atoms with E-state index in [0.29, 0.717) is 34.5 Å². The SMILES string of the molecule is CN(C)CCNC(=O)c1ccc(-c2nc3c(F)cc4[nH]ncc4c3c3c2CCCC3)nc1. The van der Waals surface area contributed by atoms with Gasteiger partial charge in [0.2, 0.25) is 0 Å². The van der Waals surface area contributed by atoms with E-state index in [1.165, 1.54) is 6.07 Å². The summed E-state index contributed by atoms with van der Waals surface area (Å²) in [5, 5.41) is 11.6. The average molecular weight is 433 g/mol. The Morgan fingerprint density at radius 1 is 1.19 bits per heavy atom. The van der Waals surface area contributed by atoms with Crippen LogP contribution in [0.1, 0.15) is 34.3 Å². The number of amides is 1. The summed E-state index contributed by atoms with van der Waals surface area (Å²) in [4.78, 5) is 23.7. The molecule has 0 unspecified atom stereocenters. The first-order chi connectivity index (χ1) is 15.5. The van der Waals surface area contributed by atoms with E-state index >= 15 is 4.39 Å². The second-order valence-electron chi connectivity index (χ2n) is 8.53. The van der Waals surface area contributed by atoms with Crippen molar-refractivity contribution in [2.45, 2.75) is 25.7 Å². The molecule has 0 saturated carbocycles. The Morgan fingerprint density at radius 3 is 2.75 bits per heavy atom. The maximum Gasteiger partial charge on any atom is 0.252 e. The number of aromatic nitrogens is 4. The fraction of sp³-hybridized carbons (Fsp3) is 0.333. The largest absolute Gasteiger partial charge is 0.351 e. The molecule has 0 fully saturated rings. The second kappa shape index (κ2) is 8.27. The first-order valence-electron chi connectivity index (χ1n) is 10.9. The highest BCUT2D eigenvalue weighted by Crippen LogP contribution is 2.38. The Kier molecular flexibility index (Phi) is 5.30. The summed E-state index contributed by atoms with van der Waals surface area (Å²) in [6.07, 6.45) is 7.17. The van der Waals surface area contributed by atoms with Gasteiger partial charge in [-0.1, -0.05) is 0 Å². The van der Waals surface area contributed by atoms with Crippen molar-refractivity contribution in [3.8, 4) is 11.4 Å². The molecule has 5 rings (SSSR count). The van der Waals surface area contributed by atoms with Crippen molar-refractivity contribution in [2.75, 3.05) is 27.2 Å². The fourth-order valence-corrected chi connectivity index (χ4v) is 4.46. The van der Waals surface area contributed by atoms with E-state index in [1.54, 1.807) is 24.5 Å². The predicted octanol–water partition coefficient (Wildman–Crippen LogP) is 3.48. The molecule has 0 radical (unpaired) electrons. The molecular formula is C24H25FN6O. The van der Waals surface area contributed by atoms with E-state index in [-0.39, 0.29) is 11.7 Å². The van der Waals surface area contributed by atoms with Gasteiger partial charge >= 0.3 is 0 Å². The number of benzene rings is 1. The number of pyridine rings is 2. The smallest absolute Gasteiger partial charge is 0.252 e. The van der Waals surface area contributed by atoms with Crippen LogP contribution in [0, 0.1) is 5.82 Å². The van der Waals surface area contributed by atoms with E-state index in [9.17, 15) is 4.79 Å². The van der Waals surface area contributed by atoms with Crippen LogP contribution in [0.15, 0.2) is 30.6 Å². The molecule has 0 atom stereocenters. The fourth-order valence-electron chi connectivity index (χ4n) is 4.46. The van der Waals surface area contributed by atoms with Gasteiger partial charge in [-0.2, -0.15) is 5.10 Å². The standard InChI is InChI=1S/C24H25FN6O/c1-31(2)10-9-26-24(32)14-7-8-19(27-12-14)22-16-6-4-3-5-15(16)21-17-13-28-30-20(17)11-18(25)23(21)29-22/h7-8,11-13H,3-6,9-10H2,1-2H3,(H,26,32)(H,28,30). The summed E-state index contributed by atoms with van der Waals surface area (Å²) in [6, 6.07) is 5.01. The predicted molar refractivity (Wildman–Crippen MR) is 122 cm³/mol. The van der Waals surface area contributed by atoms with Crippen LogP contribution in [0.2, 0.25) is 0 Å². The van der Waals surface area contributed by atoms with Gasteiger partial charge in [-0.25, -0.2) is 9.37 Å². The third-order valence-electron chi connectivity index (χ3n) is 6.06. The third-order valence-corrected chi connectivity index (χ3v) is 6.06. The van der Waals surface area contributed by atoms with Crippen molar-refractivity contribution in [1.29, 1.82) is 0 Å². The van der Waals surface area contributed by atoms with Gasteiger partial charge in [0, 0.05) is 36.1 Å². The highest BCUT2D eigenvalue weighted by atomic mass is 19.1. The van der Waals surface area contributed by atoms with Gasteiger partial charge < -0.3 is 10.2 Å². The number of hydrogen-bond donors (Lipinski definition) is 2. The Labute approximate surface area is 185 Å². The van der Waals surface area contributed by atoms with E-state index in [2.05, 4.69) is 20.5 Å². The van der Waals surface area contributed by atoms with Crippen molar-refractivity contribution in [1.82, 2.24) is 30.4 Å². The normalized spacial score (nSPS) is 13.6. The number of nitrogens with one attached hydrogen (secondary N) is 2. The lowest BCUT2D eigenvalue weighted by atomic mass is 9.86. The van der Waals surface area contributed by atoms with Gasteiger partial charge in [-0.05, 0) is 63.0 Å². The van der Waals surface area contributed by atoms with Crippen LogP contribution in [-0.4, -0.2) is 58.2 Å². The second-order valence-corrected chi connectivity index (χ2v) is 8.53. The maximum absolute atomic E-state index is 15.0. The lowest BCUT2D eigenvalue weighted by Crippen LogP contribution is -2.31. The molecule has 32 heavy (non-hydrogen) atoms. The minimum absolute atomic E-state index is 0.159. The van der Waals surface area contributed by atoms with Crippen molar-refractivity contribution < 1.29 is 9.18 Å². The highest BCUT2D eigenvalue weighted by molar-refractivity contribution is 6.08. The molecule has 4 aromatic rings. The summed E-state index contributed by atoms with van der Waals surface area (Å²) in [5.41, 5.74) is 5.13. The number of H-pyrrole nitrogens is 1. The number of fused-ring (bicyclic) bond motifs is 5. The number of hydrogen-bond acceptors (Lipinski definition) is 5. The summed E-state index contributed by atoms with van der Waals surface area (Å²) in [5.74, 6) is -0.531. The zero-order valence-electron chi connectivity index (χ0n) is 18.2. The van der Waals surface area contributed by atoms with Crippen LogP contribution in [0.25, 0.3) is 33.2 Å². The average Bonchev–Trinajstić information content (AvgIpc) is 3.26. The molecule has 164 valence electrons. The van der Waals surface area contributed by atoms with E-state index in [1.807, 2.05) is 19.0 Å². The van der Waals surface area contributed by atoms with Crippen molar-refractivity contribution in [3.63, 3.8) is 0 Å². The molecule has 1 amide bonds. The maximum atomic E-state index is 15.0. The number of likely N-dealkylation sites (N-methyl/N-ethyl adjacent to an activating group) is 1. The molecule has 0 aliphatic heterocycles. The van der Waals surface area contributed by atoms with Crippen LogP contribution < -0.4 is 5.32 Å². The Bertz CT molecular complexity index is 1310. The minimum atomic E-state index is -0.372. The first kappa shape index (κ1) is 20.5. The molecule has 1 aromatic carbocycles. The summed E-state index contributed by atoms with van der Waals surface area (Å²) in [6.45, 7) is 1.33. The number of nitrogens with zero attached hydrogens (tertiary/aromatic N) is 4. The molecule has 1 aliphatic carbocycles. The van der Waals surface area contributed by atoms with Gasteiger partial charge in [0.1, 0.15) is 5.52 Å². The van der Waals surface area contributed by atoms with Crippen LogP contribution >= 0.6 is 0 Å². The summed E-state index contributed by atoms with van der Waals surface area (Å²) >= 11 is 0. The Balaban J connectivity index is 1.56. The molecule has 3 heterocycles. The van der Waals surface area contributed by atoms with Crippen molar-refractivity contribution >= 4 is 27.7 Å². The molecule has 0 bridgehead atoms. The van der Waals surface area contributed by atoms with Gasteiger partial charge in [0.25, 0.3) is 5.91 Å². The quantitative estimate of drug-likeness (QED) is 0.504. The molecule has 3 aromatic heterocycles. The molecule has 0 saturated heterocycles. The van der Waals surface area contributed by atoms with Crippen molar-refractivity contribution in [3.05, 3.63) is 53.1 Å². The molecule has 7 nitrogen and oxygen atoms in total. The summed E-state index contributed by atoms with van der Waals surface area (Å²) in [7, 11) is 3.92. The first-order valence-corrected chi connectivity index (χ1v) is 10.9. The van der Waals surface area contributed by atoms with Crippen LogP contribution in [-0.2, 0) is 12.8 Å². The molecular weight excluding hydrogens is 407 g/mol. The molecule has 0 spiro atoms. The van der Waals surface area contributed by atoms with Gasteiger partial charge in [-0.15, -0.1) is 0 Å². The minimum Gasteiger partial charge on any atom is -0.351 e. The number of carbonyl (C=O) groups excluding carboxylic acids is 1. The van der Waals surface area contributed by atoms with Crippen LogP contribution in [0.5, 0.6) is 0 Å². The lowest BCUT2D eigenvalue weighted by Gasteiger charge is -2.21. The van der Waals surface area contributed by atoms with E-state index in [0.717, 1.165) is 54.1 Å². The van der Waals surface area contributed by atoms with Gasteiger partial charge in [0.05, 0.1) is 28.7 Å². The Morgan fingerprint density at radius 2 is 2.00 bits per heavy atom. The summed E-state index contributed by atoms with van der Waals surface area (Å²) < 4.78 is 15.0. The number of aromatic amines is 1. The van der Waals surface area contributed by atoms with Crippen molar-refractivity contribution in [2.24, 2.45) is 0 Å². The molecule has 8 heteroatoms. The zero-order valence-corrected chi connectivity index (χ0v) is 18.2. The topological polar surface area (TPSA) is 86.8 Å².